The number of hydrogen-bond acceptors (Lipinski definition) is 1. The fourth-order valence-corrected chi connectivity index (χ4v) is 1.59. The molecule has 4 heteroatoms. The van der Waals surface area contributed by atoms with E-state index in [0.29, 0.717) is 12.8 Å². The summed E-state index contributed by atoms with van der Waals surface area (Å²) < 4.78 is 35.2. The van der Waals surface area contributed by atoms with Crippen molar-refractivity contribution in [2.45, 2.75) is 38.3 Å². The van der Waals surface area contributed by atoms with Gasteiger partial charge < -0.3 is 0 Å². The third-order valence-electron chi connectivity index (χ3n) is 2.19. The first-order valence-corrected chi connectivity index (χ1v) is 4.08. The van der Waals surface area contributed by atoms with Crippen molar-refractivity contribution in [3.63, 3.8) is 0 Å². The van der Waals surface area contributed by atoms with Gasteiger partial charge in [-0.1, -0.05) is 12.8 Å². The lowest BCUT2D eigenvalue weighted by molar-refractivity contribution is -0.154. The van der Waals surface area contributed by atoms with Gasteiger partial charge in [0.2, 0.25) is 0 Å². The Labute approximate surface area is 68.9 Å². The molecule has 1 nitrogen and oxygen atoms in total. The number of hydrogen-bond donors (Lipinski definition) is 0. The van der Waals surface area contributed by atoms with Crippen molar-refractivity contribution in [2.24, 2.45) is 5.92 Å². The highest BCUT2D eigenvalue weighted by molar-refractivity contribution is 5.81. The summed E-state index contributed by atoms with van der Waals surface area (Å²) in [6.45, 7) is 0. The van der Waals surface area contributed by atoms with Gasteiger partial charge in [-0.3, -0.25) is 4.79 Å². The van der Waals surface area contributed by atoms with E-state index in [2.05, 4.69) is 0 Å². The second kappa shape index (κ2) is 3.46. The topological polar surface area (TPSA) is 17.1 Å². The maximum atomic E-state index is 11.7. The van der Waals surface area contributed by atoms with E-state index in [-0.39, 0.29) is 5.92 Å². The largest absolute Gasteiger partial charge is 0.395 e. The fourth-order valence-electron chi connectivity index (χ4n) is 1.59. The molecule has 0 unspecified atom stereocenters. The monoisotopic (exact) mass is 180 g/mol. The van der Waals surface area contributed by atoms with E-state index in [1.54, 1.807) is 0 Å². The summed E-state index contributed by atoms with van der Waals surface area (Å²) in [6, 6.07) is 0. The van der Waals surface area contributed by atoms with Gasteiger partial charge in [-0.15, -0.1) is 0 Å². The van der Waals surface area contributed by atoms with Crippen molar-refractivity contribution in [3.8, 4) is 0 Å². The minimum Gasteiger partial charge on any atom is -0.299 e. The predicted molar refractivity (Wildman–Crippen MR) is 37.6 cm³/mol. The lowest BCUT2D eigenvalue weighted by atomic mass is 10.0. The Balaban J connectivity index is 2.37. The first-order valence-electron chi connectivity index (χ1n) is 4.08. The molecule has 0 atom stereocenters. The highest BCUT2D eigenvalue weighted by Gasteiger charge is 2.35. The molecule has 0 aliphatic heterocycles. The molecule has 1 rings (SSSR count). The van der Waals surface area contributed by atoms with Crippen LogP contribution in [0.2, 0.25) is 0 Å². The van der Waals surface area contributed by atoms with Crippen LogP contribution < -0.4 is 0 Å². The van der Waals surface area contributed by atoms with E-state index >= 15 is 0 Å². The number of Topliss-reactive ketones (excluding diaryl/α,β-unsaturated/α-hetero) is 1. The van der Waals surface area contributed by atoms with Crippen LogP contribution in [0.25, 0.3) is 0 Å². The van der Waals surface area contributed by atoms with Gasteiger partial charge in [0.05, 0.1) is 0 Å². The maximum absolute atomic E-state index is 11.7. The van der Waals surface area contributed by atoms with Crippen molar-refractivity contribution in [2.75, 3.05) is 0 Å². The SMILES string of the molecule is O=C(CC(F)(F)F)C1CCCC1. The number of carbonyl (C=O) groups excluding carboxylic acids is 1. The lowest BCUT2D eigenvalue weighted by Gasteiger charge is -2.09. The fraction of sp³-hybridized carbons (Fsp3) is 0.875. The van der Waals surface area contributed by atoms with Crippen molar-refractivity contribution >= 4 is 5.78 Å². The van der Waals surface area contributed by atoms with Gasteiger partial charge in [0.1, 0.15) is 12.2 Å². The molecule has 0 aromatic carbocycles. The van der Waals surface area contributed by atoms with Crippen molar-refractivity contribution < 1.29 is 18.0 Å². The smallest absolute Gasteiger partial charge is 0.299 e. The average molecular weight is 180 g/mol. The summed E-state index contributed by atoms with van der Waals surface area (Å²) in [4.78, 5) is 10.9. The van der Waals surface area contributed by atoms with E-state index < -0.39 is 18.4 Å². The molecule has 1 fully saturated rings. The second-order valence-electron chi connectivity index (χ2n) is 3.24. The van der Waals surface area contributed by atoms with Gasteiger partial charge in [-0.2, -0.15) is 13.2 Å². The first-order chi connectivity index (χ1) is 5.49. The minimum absolute atomic E-state index is 0.313. The van der Waals surface area contributed by atoms with E-state index in [4.69, 9.17) is 0 Å². The molecule has 1 aliphatic carbocycles. The van der Waals surface area contributed by atoms with Gasteiger partial charge >= 0.3 is 6.18 Å². The third kappa shape index (κ3) is 2.83. The van der Waals surface area contributed by atoms with Gasteiger partial charge in [0.25, 0.3) is 0 Å². The van der Waals surface area contributed by atoms with E-state index in [9.17, 15) is 18.0 Å². The third-order valence-corrected chi connectivity index (χ3v) is 2.19. The van der Waals surface area contributed by atoms with Crippen LogP contribution in [0.1, 0.15) is 32.1 Å². The molecule has 1 aliphatic rings. The molecular formula is C8H11F3O. The Morgan fingerprint density at radius 1 is 1.25 bits per heavy atom. The molecule has 0 N–H and O–H groups in total. The number of rotatable bonds is 2. The van der Waals surface area contributed by atoms with E-state index in [1.165, 1.54) is 0 Å². The van der Waals surface area contributed by atoms with Crippen LogP contribution in [-0.4, -0.2) is 12.0 Å². The molecule has 0 bridgehead atoms. The normalized spacial score (nSPS) is 19.9. The van der Waals surface area contributed by atoms with Gasteiger partial charge in [0, 0.05) is 5.92 Å². The summed E-state index contributed by atoms with van der Waals surface area (Å²) >= 11 is 0. The van der Waals surface area contributed by atoms with E-state index in [1.807, 2.05) is 0 Å². The van der Waals surface area contributed by atoms with Crippen LogP contribution in [0.3, 0.4) is 0 Å². The highest BCUT2D eigenvalue weighted by atomic mass is 19.4. The molecule has 0 spiro atoms. The van der Waals surface area contributed by atoms with Crippen LogP contribution >= 0.6 is 0 Å². The van der Waals surface area contributed by atoms with Crippen molar-refractivity contribution in [1.29, 1.82) is 0 Å². The standard InChI is InChI=1S/C8H11F3O/c9-8(10,11)5-7(12)6-3-1-2-4-6/h6H,1-5H2. The Morgan fingerprint density at radius 2 is 1.75 bits per heavy atom. The zero-order chi connectivity index (χ0) is 9.19. The molecule has 0 radical (unpaired) electrons. The molecule has 1 saturated carbocycles. The molecule has 70 valence electrons. The number of ketones is 1. The predicted octanol–water partition coefficient (Wildman–Crippen LogP) is 2.70. The Kier molecular flexibility index (Phi) is 2.75. The summed E-state index contributed by atoms with van der Waals surface area (Å²) in [5, 5.41) is 0. The number of halogens is 3. The Hall–Kier alpha value is -0.540. The van der Waals surface area contributed by atoms with Crippen LogP contribution in [0, 0.1) is 5.92 Å². The summed E-state index contributed by atoms with van der Waals surface area (Å²) in [6.07, 6.45) is -2.47. The molecule has 12 heavy (non-hydrogen) atoms. The molecule has 0 saturated heterocycles. The van der Waals surface area contributed by atoms with Crippen molar-refractivity contribution in [1.82, 2.24) is 0 Å². The molecule has 0 aromatic heterocycles. The van der Waals surface area contributed by atoms with Crippen LogP contribution in [0.5, 0.6) is 0 Å². The number of carbonyl (C=O) groups is 1. The average Bonchev–Trinajstić information content (AvgIpc) is 2.32. The maximum Gasteiger partial charge on any atom is 0.395 e. The zero-order valence-corrected chi connectivity index (χ0v) is 6.66. The van der Waals surface area contributed by atoms with Crippen LogP contribution in [-0.2, 0) is 4.79 Å². The Morgan fingerprint density at radius 3 is 2.17 bits per heavy atom. The molecular weight excluding hydrogens is 169 g/mol. The quantitative estimate of drug-likeness (QED) is 0.638. The molecule has 0 amide bonds. The van der Waals surface area contributed by atoms with Gasteiger partial charge in [0.15, 0.2) is 0 Å². The first kappa shape index (κ1) is 9.55. The van der Waals surface area contributed by atoms with E-state index in [0.717, 1.165) is 12.8 Å². The van der Waals surface area contributed by atoms with Crippen LogP contribution in [0.15, 0.2) is 0 Å². The minimum atomic E-state index is -4.32. The zero-order valence-electron chi connectivity index (χ0n) is 6.66. The number of alkyl halides is 3. The van der Waals surface area contributed by atoms with Crippen LogP contribution in [0.4, 0.5) is 13.2 Å². The summed E-state index contributed by atoms with van der Waals surface area (Å²) in [7, 11) is 0. The van der Waals surface area contributed by atoms with Crippen molar-refractivity contribution in [3.05, 3.63) is 0 Å². The second-order valence-corrected chi connectivity index (χ2v) is 3.24. The molecule has 0 aromatic rings. The summed E-state index contributed by atoms with van der Waals surface area (Å²) in [5.74, 6) is -0.938. The van der Waals surface area contributed by atoms with Gasteiger partial charge in [-0.05, 0) is 12.8 Å². The lowest BCUT2D eigenvalue weighted by Crippen LogP contribution is -2.20. The summed E-state index contributed by atoms with van der Waals surface area (Å²) in [5.41, 5.74) is 0. The molecule has 0 heterocycles. The van der Waals surface area contributed by atoms with Gasteiger partial charge in [-0.25, -0.2) is 0 Å². The Bertz CT molecular complexity index is 168. The highest BCUT2D eigenvalue weighted by Crippen LogP contribution is 2.30.